The number of amides is 1. The maximum absolute atomic E-state index is 12.5. The van der Waals surface area contributed by atoms with E-state index in [1.54, 1.807) is 12.4 Å². The van der Waals surface area contributed by atoms with E-state index in [9.17, 15) is 9.59 Å². The van der Waals surface area contributed by atoms with Crippen molar-refractivity contribution in [2.24, 2.45) is 0 Å². The number of hydrogen-bond acceptors (Lipinski definition) is 6. The number of hydrogen-bond donors (Lipinski definition) is 2. The highest BCUT2D eigenvalue weighted by Crippen LogP contribution is 2.13. The molecule has 1 amide bonds. The fraction of sp³-hybridized carbons (Fsp3) is 0.474. The molecule has 0 saturated carbocycles. The van der Waals surface area contributed by atoms with Crippen molar-refractivity contribution in [1.82, 2.24) is 20.3 Å². The van der Waals surface area contributed by atoms with Crippen LogP contribution in [0.15, 0.2) is 29.3 Å². The molecule has 1 atom stereocenters. The molecule has 27 heavy (non-hydrogen) atoms. The average molecular weight is 371 g/mol. The molecule has 1 saturated heterocycles. The van der Waals surface area contributed by atoms with E-state index in [0.717, 1.165) is 5.56 Å². The maximum atomic E-state index is 12.5. The highest BCUT2D eigenvalue weighted by molar-refractivity contribution is 5.76. The molecule has 2 aromatic rings. The molecule has 2 aromatic heterocycles. The summed E-state index contributed by atoms with van der Waals surface area (Å²) in [6.45, 7) is 6.39. The summed E-state index contributed by atoms with van der Waals surface area (Å²) < 4.78 is 5.32. The van der Waals surface area contributed by atoms with Gasteiger partial charge in [0.2, 0.25) is 11.9 Å². The zero-order valence-corrected chi connectivity index (χ0v) is 15.7. The van der Waals surface area contributed by atoms with Crippen LogP contribution in [-0.2, 0) is 16.0 Å². The first kappa shape index (κ1) is 19.0. The summed E-state index contributed by atoms with van der Waals surface area (Å²) >= 11 is 0. The second-order valence-corrected chi connectivity index (χ2v) is 6.62. The summed E-state index contributed by atoms with van der Waals surface area (Å²) in [5.41, 5.74) is 2.02. The van der Waals surface area contributed by atoms with Gasteiger partial charge in [0.25, 0.3) is 5.56 Å². The second-order valence-electron chi connectivity index (χ2n) is 6.62. The molecule has 0 aromatic carbocycles. The fourth-order valence-electron chi connectivity index (χ4n) is 3.10. The average Bonchev–Trinajstić information content (AvgIpc) is 2.68. The zero-order valence-electron chi connectivity index (χ0n) is 15.7. The number of pyridine rings is 1. The van der Waals surface area contributed by atoms with Crippen molar-refractivity contribution in [2.75, 3.05) is 31.2 Å². The van der Waals surface area contributed by atoms with Gasteiger partial charge in [0.05, 0.1) is 19.3 Å². The van der Waals surface area contributed by atoms with Crippen LogP contribution in [0.25, 0.3) is 0 Å². The molecule has 0 bridgehead atoms. The normalized spacial score (nSPS) is 15.4. The minimum absolute atomic E-state index is 0.102. The third kappa shape index (κ3) is 4.91. The molecule has 8 heteroatoms. The molecular formula is C19H25N5O3. The van der Waals surface area contributed by atoms with Crippen molar-refractivity contribution in [3.05, 3.63) is 51.7 Å². The Morgan fingerprint density at radius 3 is 2.70 bits per heavy atom. The monoisotopic (exact) mass is 371 g/mol. The molecule has 3 heterocycles. The van der Waals surface area contributed by atoms with Gasteiger partial charge < -0.3 is 15.0 Å². The zero-order chi connectivity index (χ0) is 19.2. The number of nitrogens with zero attached hydrogens (tertiary/aromatic N) is 3. The van der Waals surface area contributed by atoms with Crippen molar-refractivity contribution in [3.8, 4) is 0 Å². The SMILES string of the molecule is Cc1nc(N2CCOCC2)[nH]c(=O)c1CCC(=O)NC(C)c1ccncc1. The third-order valence-electron chi connectivity index (χ3n) is 4.71. The minimum Gasteiger partial charge on any atom is -0.378 e. The summed E-state index contributed by atoms with van der Waals surface area (Å²) in [5, 5.41) is 2.95. The number of carbonyl (C=O) groups is 1. The Hall–Kier alpha value is -2.74. The Morgan fingerprint density at radius 1 is 1.33 bits per heavy atom. The number of ether oxygens (including phenoxy) is 1. The highest BCUT2D eigenvalue weighted by atomic mass is 16.5. The number of aromatic nitrogens is 3. The van der Waals surface area contributed by atoms with E-state index >= 15 is 0 Å². The number of rotatable bonds is 6. The number of nitrogens with one attached hydrogen (secondary N) is 2. The summed E-state index contributed by atoms with van der Waals surface area (Å²) in [6, 6.07) is 3.63. The molecule has 1 aliphatic rings. The van der Waals surface area contributed by atoms with Crippen LogP contribution < -0.4 is 15.8 Å². The van der Waals surface area contributed by atoms with E-state index in [-0.39, 0.29) is 23.9 Å². The quantitative estimate of drug-likeness (QED) is 0.789. The minimum atomic E-state index is -0.182. The van der Waals surface area contributed by atoms with Crippen LogP contribution in [0, 0.1) is 6.92 Å². The summed E-state index contributed by atoms with van der Waals surface area (Å²) in [6.07, 6.45) is 3.98. The van der Waals surface area contributed by atoms with Crippen LogP contribution in [0.1, 0.15) is 36.2 Å². The maximum Gasteiger partial charge on any atom is 0.255 e. The molecular weight excluding hydrogens is 346 g/mol. The molecule has 8 nitrogen and oxygen atoms in total. The van der Waals surface area contributed by atoms with Crippen LogP contribution in [0.3, 0.4) is 0 Å². The van der Waals surface area contributed by atoms with Crippen molar-refractivity contribution < 1.29 is 9.53 Å². The molecule has 3 rings (SSSR count). The van der Waals surface area contributed by atoms with Crippen molar-refractivity contribution in [3.63, 3.8) is 0 Å². The first-order chi connectivity index (χ1) is 13.0. The van der Waals surface area contributed by atoms with Gasteiger partial charge >= 0.3 is 0 Å². The molecule has 1 unspecified atom stereocenters. The lowest BCUT2D eigenvalue weighted by Gasteiger charge is -2.27. The van der Waals surface area contributed by atoms with E-state index in [1.165, 1.54) is 0 Å². The van der Waals surface area contributed by atoms with Gasteiger partial charge in [-0.2, -0.15) is 0 Å². The van der Waals surface area contributed by atoms with E-state index in [0.29, 0.717) is 49.9 Å². The van der Waals surface area contributed by atoms with Gasteiger partial charge in [-0.15, -0.1) is 0 Å². The number of anilines is 1. The van der Waals surface area contributed by atoms with Crippen LogP contribution in [0.2, 0.25) is 0 Å². The van der Waals surface area contributed by atoms with Gasteiger partial charge in [-0.1, -0.05) is 0 Å². The van der Waals surface area contributed by atoms with Gasteiger partial charge in [0.1, 0.15) is 0 Å². The first-order valence-corrected chi connectivity index (χ1v) is 9.16. The topological polar surface area (TPSA) is 100 Å². The van der Waals surface area contributed by atoms with Gasteiger partial charge in [0, 0.05) is 43.2 Å². The lowest BCUT2D eigenvalue weighted by atomic mass is 10.1. The molecule has 0 radical (unpaired) electrons. The molecule has 1 aliphatic heterocycles. The Labute approximate surface area is 158 Å². The number of morpholine rings is 1. The van der Waals surface area contributed by atoms with Crippen molar-refractivity contribution in [2.45, 2.75) is 32.7 Å². The Morgan fingerprint density at radius 2 is 2.04 bits per heavy atom. The van der Waals surface area contributed by atoms with E-state index in [1.807, 2.05) is 30.9 Å². The van der Waals surface area contributed by atoms with Crippen LogP contribution >= 0.6 is 0 Å². The van der Waals surface area contributed by atoms with Crippen LogP contribution in [-0.4, -0.2) is 47.2 Å². The smallest absolute Gasteiger partial charge is 0.255 e. The molecule has 2 N–H and O–H groups in total. The Balaban J connectivity index is 1.60. The van der Waals surface area contributed by atoms with Gasteiger partial charge in [-0.05, 0) is 38.0 Å². The molecule has 144 valence electrons. The highest BCUT2D eigenvalue weighted by Gasteiger charge is 2.17. The Kier molecular flexibility index (Phi) is 6.18. The first-order valence-electron chi connectivity index (χ1n) is 9.16. The lowest BCUT2D eigenvalue weighted by molar-refractivity contribution is -0.121. The number of aromatic amines is 1. The van der Waals surface area contributed by atoms with E-state index in [4.69, 9.17) is 4.74 Å². The largest absolute Gasteiger partial charge is 0.378 e. The predicted molar refractivity (Wildman–Crippen MR) is 102 cm³/mol. The molecule has 0 spiro atoms. The number of H-pyrrole nitrogens is 1. The lowest BCUT2D eigenvalue weighted by Crippen LogP contribution is -2.38. The summed E-state index contributed by atoms with van der Waals surface area (Å²) in [7, 11) is 0. The number of carbonyl (C=O) groups excluding carboxylic acids is 1. The van der Waals surface area contributed by atoms with Gasteiger partial charge in [0.15, 0.2) is 0 Å². The second kappa shape index (κ2) is 8.77. The van der Waals surface area contributed by atoms with Crippen molar-refractivity contribution >= 4 is 11.9 Å². The van der Waals surface area contributed by atoms with E-state index in [2.05, 4.69) is 20.3 Å². The standard InChI is InChI=1S/C19H25N5O3/c1-13(15-5-7-20-8-6-15)21-17(25)4-3-16-14(2)22-19(23-18(16)26)24-9-11-27-12-10-24/h5-8,13H,3-4,9-12H2,1-2H3,(H,21,25)(H,22,23,26). The summed E-state index contributed by atoms with van der Waals surface area (Å²) in [5.74, 6) is 0.468. The fourth-order valence-corrected chi connectivity index (χ4v) is 3.10. The van der Waals surface area contributed by atoms with Crippen molar-refractivity contribution in [1.29, 1.82) is 0 Å². The van der Waals surface area contributed by atoms with Gasteiger partial charge in [-0.3, -0.25) is 19.6 Å². The van der Waals surface area contributed by atoms with E-state index < -0.39 is 0 Å². The van der Waals surface area contributed by atoms with Gasteiger partial charge in [-0.25, -0.2) is 4.98 Å². The third-order valence-corrected chi connectivity index (χ3v) is 4.71. The molecule has 1 fully saturated rings. The summed E-state index contributed by atoms with van der Waals surface area (Å²) in [4.78, 5) is 38.1. The Bertz CT molecular complexity index is 831. The predicted octanol–water partition coefficient (Wildman–Crippen LogP) is 1.12. The molecule has 0 aliphatic carbocycles. The number of aryl methyl sites for hydroxylation is 1. The van der Waals surface area contributed by atoms with Crippen LogP contribution in [0.4, 0.5) is 5.95 Å². The van der Waals surface area contributed by atoms with Crippen LogP contribution in [0.5, 0.6) is 0 Å².